The Morgan fingerprint density at radius 2 is 0.873 bits per heavy atom. The highest BCUT2D eigenvalue weighted by atomic mass is 79.9. The van der Waals surface area contributed by atoms with Gasteiger partial charge in [-0.25, -0.2) is 29.3 Å². The van der Waals surface area contributed by atoms with E-state index in [1.165, 1.54) is 62.8 Å². The minimum Gasteiger partial charge on any atom is -0.478 e. The van der Waals surface area contributed by atoms with Crippen molar-refractivity contribution in [3.8, 4) is 22.3 Å². The predicted octanol–water partition coefficient (Wildman–Crippen LogP) is 13.5. The number of aromatic nitrogens is 3. The molecule has 0 bridgehead atoms. The van der Waals surface area contributed by atoms with Crippen LogP contribution in [-0.2, 0) is 62.8 Å². The lowest BCUT2D eigenvalue weighted by Crippen LogP contribution is -2.44. The minimum absolute atomic E-state index is 0.0459. The summed E-state index contributed by atoms with van der Waals surface area (Å²) in [4.78, 5) is 107. The van der Waals surface area contributed by atoms with Gasteiger partial charge in [-0.2, -0.15) is 0 Å². The Labute approximate surface area is 700 Å². The number of amides is 5. The first-order valence-electron chi connectivity index (χ1n) is 40.4. The van der Waals surface area contributed by atoms with Crippen molar-refractivity contribution in [1.29, 1.82) is 0 Å². The van der Waals surface area contributed by atoms with Gasteiger partial charge >= 0.3 is 18.2 Å². The number of rotatable bonds is 24. The van der Waals surface area contributed by atoms with E-state index in [0.717, 1.165) is 78.6 Å². The van der Waals surface area contributed by atoms with Crippen LogP contribution in [0.4, 0.5) is 27.0 Å². The van der Waals surface area contributed by atoms with Gasteiger partial charge in [0.05, 0.1) is 91.6 Å². The van der Waals surface area contributed by atoms with Gasteiger partial charge in [-0.3, -0.25) is 19.2 Å². The van der Waals surface area contributed by atoms with E-state index in [9.17, 15) is 38.7 Å². The number of carboxylic acid groups (broad SMARTS) is 1. The highest BCUT2D eigenvalue weighted by molar-refractivity contribution is 9.10. The largest absolute Gasteiger partial charge is 0.478 e. The van der Waals surface area contributed by atoms with Crippen LogP contribution in [0.1, 0.15) is 183 Å². The number of nitrogens with two attached hydrogens (primary N) is 3. The number of Topliss-reactive ketones (excluding diaryl/α,β-unsaturated/α-hetero) is 1. The minimum atomic E-state index is -1.03. The second-order valence-corrected chi connectivity index (χ2v) is 33.7. The van der Waals surface area contributed by atoms with Crippen LogP contribution in [0.5, 0.6) is 0 Å². The molecule has 27 heteroatoms. The number of halogens is 1. The Bertz CT molecular complexity index is 4870. The Morgan fingerprint density at radius 1 is 0.492 bits per heavy atom. The maximum atomic E-state index is 13.5. The quantitative estimate of drug-likeness (QED) is 0.0260. The number of carbonyl (C=O) groups excluding carboxylic acids is 6. The van der Waals surface area contributed by atoms with Crippen LogP contribution in [0.15, 0.2) is 144 Å². The summed E-state index contributed by atoms with van der Waals surface area (Å²) in [7, 11) is 2.13. The zero-order chi connectivity index (χ0) is 85.3. The van der Waals surface area contributed by atoms with Gasteiger partial charge in [-0.1, -0.05) is 112 Å². The Hall–Kier alpha value is -10.7. The molecule has 4 fully saturated rings. The van der Waals surface area contributed by atoms with E-state index in [2.05, 4.69) is 148 Å². The number of nitrogens with zero attached hydrogens (tertiary/aromatic N) is 6. The molecular weight excluding hydrogens is 1560 g/mol. The standard InChI is InChI=1S/C34H43N5O3.C32H38N4O6.C25H33BrN4O4/c1-4-25-15-24(6-5-22(25)2)21-42-32-20-36-19-30(32)38-34(41)29-17-28(18-37-33(29)35)26-7-9-27(10-8-26)31(40)16-23-11-13-39(3)14-12-23;1-6-21-13-20(8-7-19(21)2)18-41-27-17-36(31(40)42-32(3,4)5)16-26(27)35-29(37)25-14-24(15-34-28(25)33)22-9-11-23(12-10-22)30(38)39;1-6-17-9-16(8-7-15(17)2)14-33-21-13-30(24(32)34-25(3,4)5)12-20(21)29-23(31)19-10-18(26)11-28-22(19)27/h5-10,15,17-18,23,30,32,36H,4,11-14,16,19-21H2,1-3H3,(H2,35,37)(H,38,41);7-15,26-27H,6,16-18H2,1-5H3,(H2,33,34)(H,35,37)(H,38,39);7-11,20-21H,6,12-14H2,1-5H3,(H2,27,28)(H,29,31)/t30-,32-;26-,27-;20-,21-/m000/s1. The molecule has 26 nitrogen and oxygen atoms in total. The third-order valence-corrected chi connectivity index (χ3v) is 21.9. The Kier molecular flexibility index (Phi) is 30.9. The average Bonchev–Trinajstić information content (AvgIpc) is 1.46. The maximum Gasteiger partial charge on any atom is 0.410 e. The van der Waals surface area contributed by atoms with Gasteiger partial charge in [0.1, 0.15) is 28.7 Å². The third kappa shape index (κ3) is 25.0. The number of ketones is 1. The molecule has 11 N–H and O–H groups in total. The number of aryl methyl sites for hydroxylation is 6. The molecule has 7 heterocycles. The van der Waals surface area contributed by atoms with Gasteiger partial charge in [0.15, 0.2) is 5.78 Å². The van der Waals surface area contributed by atoms with Crippen molar-refractivity contribution in [3.63, 3.8) is 0 Å². The van der Waals surface area contributed by atoms with Gasteiger partial charge in [-0.05, 0) is 228 Å². The first-order valence-corrected chi connectivity index (χ1v) is 41.2. The fourth-order valence-corrected chi connectivity index (χ4v) is 14.9. The van der Waals surface area contributed by atoms with Crippen LogP contribution in [0.3, 0.4) is 0 Å². The summed E-state index contributed by atoms with van der Waals surface area (Å²) in [5, 5.41) is 21.6. The molecule has 0 aliphatic carbocycles. The molecule has 0 unspecified atom stereocenters. The highest BCUT2D eigenvalue weighted by Gasteiger charge is 2.42. The van der Waals surface area contributed by atoms with Crippen LogP contribution < -0.4 is 38.5 Å². The molecule has 4 aliphatic heterocycles. The van der Waals surface area contributed by atoms with Crippen molar-refractivity contribution in [2.75, 3.05) is 76.6 Å². The van der Waals surface area contributed by atoms with E-state index >= 15 is 0 Å². The summed E-state index contributed by atoms with van der Waals surface area (Å²) in [6.07, 6.45) is 8.30. The van der Waals surface area contributed by atoms with Crippen molar-refractivity contribution in [2.45, 2.75) is 189 Å². The number of piperidine rings is 1. The number of anilines is 3. The van der Waals surface area contributed by atoms with Crippen LogP contribution in [0.25, 0.3) is 22.3 Å². The zero-order valence-electron chi connectivity index (χ0n) is 70.0. The molecule has 4 aliphatic rings. The number of hydrogen-bond donors (Lipinski definition) is 8. The molecule has 12 rings (SSSR count). The molecule has 4 saturated heterocycles. The monoisotopic (exact) mass is 1680 g/mol. The number of hydrogen-bond acceptors (Lipinski definition) is 20. The number of likely N-dealkylation sites (tertiary alicyclic amines) is 3. The number of pyridine rings is 3. The summed E-state index contributed by atoms with van der Waals surface area (Å²) in [6.45, 7) is 29.1. The number of nitrogen functional groups attached to an aromatic ring is 3. The molecular formula is C91H114BrN13O13. The van der Waals surface area contributed by atoms with E-state index in [1.807, 2.05) is 57.2 Å². The fourth-order valence-electron chi connectivity index (χ4n) is 14.6. The van der Waals surface area contributed by atoms with Crippen molar-refractivity contribution < 1.29 is 62.4 Å². The summed E-state index contributed by atoms with van der Waals surface area (Å²) in [5.41, 5.74) is 32.2. The second kappa shape index (κ2) is 40.7. The van der Waals surface area contributed by atoms with Gasteiger partial charge in [-0.15, -0.1) is 0 Å². The number of benzene rings is 5. The lowest BCUT2D eigenvalue weighted by atomic mass is 9.89. The van der Waals surface area contributed by atoms with Gasteiger partial charge in [0, 0.05) is 72.4 Å². The van der Waals surface area contributed by atoms with Crippen LogP contribution in [-0.4, -0.2) is 183 Å². The molecule has 118 heavy (non-hydrogen) atoms. The summed E-state index contributed by atoms with van der Waals surface area (Å²) in [6, 6.07) is 36.5. The predicted molar refractivity (Wildman–Crippen MR) is 460 cm³/mol. The fraction of sp³-hybridized carbons (Fsp3) is 0.429. The summed E-state index contributed by atoms with van der Waals surface area (Å²) < 4.78 is 30.5. The first-order chi connectivity index (χ1) is 56.1. The number of carboxylic acids is 1. The lowest BCUT2D eigenvalue weighted by Gasteiger charge is -2.28. The molecule has 3 aromatic heterocycles. The van der Waals surface area contributed by atoms with E-state index < -0.39 is 59.6 Å². The molecule has 0 radical (unpaired) electrons. The Balaban J connectivity index is 0.000000188. The second-order valence-electron chi connectivity index (χ2n) is 32.8. The highest BCUT2D eigenvalue weighted by Crippen LogP contribution is 2.31. The average molecular weight is 1680 g/mol. The first kappa shape index (κ1) is 89.7. The molecule has 6 atom stereocenters. The SMILES string of the molecule is CCc1cc(CO[C@H]2CN(C(=O)OC(C)(C)C)C[C@@H]2NC(=O)c2cc(-c3ccc(C(=O)O)cc3)cnc2N)ccc1C.CCc1cc(CO[C@H]2CN(C(=O)OC(C)(C)C)C[C@@H]2NC(=O)c2cc(Br)cnc2N)ccc1C.CCc1cc(CO[C@H]2CNC[C@@H]2NC(=O)c2cc(-c3ccc(C(=O)CC4CCN(C)CC4)cc3)cnc2N)ccc1C. The normalized spacial score (nSPS) is 18.2. The van der Waals surface area contributed by atoms with E-state index in [4.69, 9.17) is 40.9 Å². The number of nitrogens with one attached hydrogen (secondary N) is 4. The van der Waals surface area contributed by atoms with Crippen LogP contribution >= 0.6 is 15.9 Å². The van der Waals surface area contributed by atoms with Crippen molar-refractivity contribution in [3.05, 3.63) is 222 Å². The van der Waals surface area contributed by atoms with E-state index in [1.54, 1.807) is 62.2 Å². The molecule has 5 amide bonds. The maximum absolute atomic E-state index is 13.5. The Morgan fingerprint density at radius 3 is 1.27 bits per heavy atom. The van der Waals surface area contributed by atoms with Gasteiger partial charge < -0.3 is 82.0 Å². The van der Waals surface area contributed by atoms with Crippen molar-refractivity contribution >= 4 is 75.0 Å². The van der Waals surface area contributed by atoms with Crippen LogP contribution in [0, 0.1) is 26.7 Å². The summed E-state index contributed by atoms with van der Waals surface area (Å²) >= 11 is 3.32. The third-order valence-electron chi connectivity index (χ3n) is 21.5. The van der Waals surface area contributed by atoms with Gasteiger partial charge in [0.2, 0.25) is 0 Å². The van der Waals surface area contributed by atoms with E-state index in [0.29, 0.717) is 73.0 Å². The van der Waals surface area contributed by atoms with E-state index in [-0.39, 0.29) is 83.5 Å². The number of ether oxygens (including phenoxy) is 5. The van der Waals surface area contributed by atoms with Crippen molar-refractivity contribution in [1.82, 2.24) is 50.9 Å². The number of carbonyl (C=O) groups is 7. The summed E-state index contributed by atoms with van der Waals surface area (Å²) in [5.74, 6) is -1.16. The van der Waals surface area contributed by atoms with Crippen molar-refractivity contribution in [2.24, 2.45) is 5.92 Å². The zero-order valence-corrected chi connectivity index (χ0v) is 71.6. The lowest BCUT2D eigenvalue weighted by molar-refractivity contribution is 0.0153. The topological polar surface area (TPSA) is 360 Å². The smallest absolute Gasteiger partial charge is 0.410 e. The van der Waals surface area contributed by atoms with Crippen LogP contribution in [0.2, 0.25) is 0 Å². The molecule has 8 aromatic rings. The van der Waals surface area contributed by atoms with Gasteiger partial charge in [0.25, 0.3) is 17.7 Å². The molecule has 628 valence electrons. The molecule has 0 saturated carbocycles. The molecule has 0 spiro atoms. The molecule has 5 aromatic carbocycles. The number of aromatic carboxylic acids is 1.